The molecule has 1 saturated heterocycles. The highest BCUT2D eigenvalue weighted by Crippen LogP contribution is 2.28. The lowest BCUT2D eigenvalue weighted by Gasteiger charge is -2.36. The Morgan fingerprint density at radius 2 is 2.10 bits per heavy atom. The fourth-order valence-corrected chi connectivity index (χ4v) is 2.62. The second-order valence-corrected chi connectivity index (χ2v) is 5.42. The van der Waals surface area contributed by atoms with Gasteiger partial charge in [-0.25, -0.2) is 0 Å². The van der Waals surface area contributed by atoms with Gasteiger partial charge in [0.25, 0.3) is 5.69 Å². The molecule has 1 fully saturated rings. The van der Waals surface area contributed by atoms with E-state index in [1.165, 1.54) is 6.07 Å². The van der Waals surface area contributed by atoms with Gasteiger partial charge in [0.2, 0.25) is 0 Å². The van der Waals surface area contributed by atoms with Crippen LogP contribution in [-0.2, 0) is 4.74 Å². The molecule has 110 valence electrons. The summed E-state index contributed by atoms with van der Waals surface area (Å²) in [5, 5.41) is 21.2. The van der Waals surface area contributed by atoms with Gasteiger partial charge in [-0.3, -0.25) is 10.1 Å². The smallest absolute Gasteiger partial charge is 0.269 e. The number of aryl methyl sites for hydroxylation is 1. The Balaban J connectivity index is 2.12. The van der Waals surface area contributed by atoms with Crippen molar-refractivity contribution in [2.75, 3.05) is 31.7 Å². The van der Waals surface area contributed by atoms with E-state index in [-0.39, 0.29) is 5.69 Å². The number of aliphatic hydroxyl groups is 1. The molecule has 6 nitrogen and oxygen atoms in total. The fraction of sp³-hybridized carbons (Fsp3) is 0.571. The predicted molar refractivity (Wildman–Crippen MR) is 76.1 cm³/mol. The highest BCUT2D eigenvalue weighted by molar-refractivity contribution is 5.57. The maximum atomic E-state index is 10.7. The van der Waals surface area contributed by atoms with E-state index >= 15 is 0 Å². The molecule has 0 aromatic heterocycles. The molecule has 1 heterocycles. The molecule has 1 aliphatic rings. The Labute approximate surface area is 118 Å². The second kappa shape index (κ2) is 5.76. The molecule has 6 heteroatoms. The van der Waals surface area contributed by atoms with Gasteiger partial charge in [0.15, 0.2) is 0 Å². The first-order valence-corrected chi connectivity index (χ1v) is 6.68. The monoisotopic (exact) mass is 280 g/mol. The Bertz CT molecular complexity index is 498. The summed E-state index contributed by atoms with van der Waals surface area (Å²) in [6.07, 6.45) is 1.23. The van der Waals surface area contributed by atoms with Crippen molar-refractivity contribution in [3.8, 4) is 0 Å². The molecule has 0 unspecified atom stereocenters. The van der Waals surface area contributed by atoms with Gasteiger partial charge in [-0.2, -0.15) is 0 Å². The first kappa shape index (κ1) is 14.7. The molecule has 0 spiro atoms. The van der Waals surface area contributed by atoms with Gasteiger partial charge in [0, 0.05) is 57.5 Å². The van der Waals surface area contributed by atoms with Crippen LogP contribution >= 0.6 is 0 Å². The molecule has 0 aliphatic carbocycles. The van der Waals surface area contributed by atoms with Gasteiger partial charge in [-0.1, -0.05) is 0 Å². The number of ether oxygens (including phenoxy) is 1. The van der Waals surface area contributed by atoms with Crippen LogP contribution in [0.5, 0.6) is 0 Å². The Hall–Kier alpha value is -1.66. The van der Waals surface area contributed by atoms with Crippen LogP contribution in [-0.4, -0.2) is 42.4 Å². The number of nitrogens with zero attached hydrogens (tertiary/aromatic N) is 2. The molecule has 1 aliphatic heterocycles. The van der Waals surface area contributed by atoms with Crippen molar-refractivity contribution >= 4 is 11.4 Å². The number of rotatable bonds is 4. The van der Waals surface area contributed by atoms with Gasteiger partial charge in [0.05, 0.1) is 10.5 Å². The highest BCUT2D eigenvalue weighted by Gasteiger charge is 2.31. The molecule has 1 aromatic rings. The van der Waals surface area contributed by atoms with Gasteiger partial charge in [-0.05, 0) is 18.6 Å². The second-order valence-electron chi connectivity index (χ2n) is 5.42. The largest absolute Gasteiger partial charge is 0.388 e. The highest BCUT2D eigenvalue weighted by atomic mass is 16.6. The lowest BCUT2D eigenvalue weighted by atomic mass is 9.93. The average molecular weight is 280 g/mol. The van der Waals surface area contributed by atoms with Gasteiger partial charge < -0.3 is 14.7 Å². The maximum absolute atomic E-state index is 10.7. The molecule has 0 bridgehead atoms. The summed E-state index contributed by atoms with van der Waals surface area (Å²) in [5.74, 6) is 0. The van der Waals surface area contributed by atoms with E-state index in [0.29, 0.717) is 32.6 Å². The zero-order valence-corrected chi connectivity index (χ0v) is 11.8. The van der Waals surface area contributed by atoms with Gasteiger partial charge in [-0.15, -0.1) is 0 Å². The van der Waals surface area contributed by atoms with Crippen molar-refractivity contribution in [3.05, 3.63) is 33.9 Å². The van der Waals surface area contributed by atoms with E-state index in [1.54, 1.807) is 12.1 Å². The predicted octanol–water partition coefficient (Wildman–Crippen LogP) is 1.88. The van der Waals surface area contributed by atoms with Crippen molar-refractivity contribution in [1.29, 1.82) is 0 Å². The van der Waals surface area contributed by atoms with E-state index in [4.69, 9.17) is 4.74 Å². The first-order valence-electron chi connectivity index (χ1n) is 6.68. The van der Waals surface area contributed by atoms with Crippen LogP contribution in [0.3, 0.4) is 0 Å². The lowest BCUT2D eigenvalue weighted by Crippen LogP contribution is -2.45. The molecule has 0 radical (unpaired) electrons. The van der Waals surface area contributed by atoms with Crippen molar-refractivity contribution in [3.63, 3.8) is 0 Å². The molecular weight excluding hydrogens is 260 g/mol. The summed E-state index contributed by atoms with van der Waals surface area (Å²) in [7, 11) is 1.89. The lowest BCUT2D eigenvalue weighted by molar-refractivity contribution is -0.384. The molecule has 2 rings (SSSR count). The van der Waals surface area contributed by atoms with Crippen LogP contribution in [0.2, 0.25) is 0 Å². The molecule has 1 aromatic carbocycles. The Morgan fingerprint density at radius 3 is 2.65 bits per heavy atom. The van der Waals surface area contributed by atoms with E-state index < -0.39 is 10.5 Å². The molecule has 1 N–H and O–H groups in total. The minimum absolute atomic E-state index is 0.0874. The standard InChI is InChI=1S/C14H20N2O4/c1-11-9-12(16(18)19)3-4-13(11)15(2)10-14(17)5-7-20-8-6-14/h3-4,9,17H,5-8,10H2,1-2H3. The average Bonchev–Trinajstić information content (AvgIpc) is 2.38. The number of likely N-dealkylation sites (N-methyl/N-ethyl adjacent to an activating group) is 1. The zero-order chi connectivity index (χ0) is 14.8. The van der Waals surface area contributed by atoms with E-state index in [0.717, 1.165) is 11.3 Å². The minimum Gasteiger partial charge on any atom is -0.388 e. The number of non-ortho nitro benzene ring substituents is 1. The zero-order valence-electron chi connectivity index (χ0n) is 11.8. The number of hydrogen-bond donors (Lipinski definition) is 1. The van der Waals surface area contributed by atoms with E-state index in [1.807, 2.05) is 18.9 Å². The molecule has 0 atom stereocenters. The number of nitro groups is 1. The summed E-state index contributed by atoms with van der Waals surface area (Å²) in [5.41, 5.74) is 1.07. The van der Waals surface area contributed by atoms with E-state index in [2.05, 4.69) is 0 Å². The quantitative estimate of drug-likeness (QED) is 0.673. The normalized spacial score (nSPS) is 17.8. The fourth-order valence-electron chi connectivity index (χ4n) is 2.62. The van der Waals surface area contributed by atoms with Crippen molar-refractivity contribution in [2.45, 2.75) is 25.4 Å². The Morgan fingerprint density at radius 1 is 1.45 bits per heavy atom. The summed E-state index contributed by atoms with van der Waals surface area (Å²) in [6.45, 7) is 3.48. The number of benzene rings is 1. The van der Waals surface area contributed by atoms with Crippen LogP contribution in [0.4, 0.5) is 11.4 Å². The number of hydrogen-bond acceptors (Lipinski definition) is 5. The molecule has 0 amide bonds. The Kier molecular flexibility index (Phi) is 4.25. The number of nitro benzene ring substituents is 1. The van der Waals surface area contributed by atoms with Crippen LogP contribution in [0.1, 0.15) is 18.4 Å². The van der Waals surface area contributed by atoms with Crippen LogP contribution in [0.25, 0.3) is 0 Å². The van der Waals surface area contributed by atoms with E-state index in [9.17, 15) is 15.2 Å². The summed E-state index contributed by atoms with van der Waals surface area (Å²) < 4.78 is 5.26. The maximum Gasteiger partial charge on any atom is 0.269 e. The van der Waals surface area contributed by atoms with Crippen molar-refractivity contribution < 1.29 is 14.8 Å². The summed E-state index contributed by atoms with van der Waals surface area (Å²) in [4.78, 5) is 12.3. The first-order chi connectivity index (χ1) is 9.41. The number of anilines is 1. The topological polar surface area (TPSA) is 75.8 Å². The van der Waals surface area contributed by atoms with Crippen LogP contribution in [0.15, 0.2) is 18.2 Å². The molecule has 20 heavy (non-hydrogen) atoms. The third-order valence-electron chi connectivity index (χ3n) is 3.76. The van der Waals surface area contributed by atoms with Gasteiger partial charge in [0.1, 0.15) is 0 Å². The van der Waals surface area contributed by atoms with Crippen molar-refractivity contribution in [1.82, 2.24) is 0 Å². The minimum atomic E-state index is -0.749. The molecule has 0 saturated carbocycles. The van der Waals surface area contributed by atoms with Gasteiger partial charge >= 0.3 is 0 Å². The molecular formula is C14H20N2O4. The SMILES string of the molecule is Cc1cc([N+](=O)[O-])ccc1N(C)CC1(O)CCOCC1. The third kappa shape index (κ3) is 3.26. The van der Waals surface area contributed by atoms with Crippen molar-refractivity contribution in [2.24, 2.45) is 0 Å². The van der Waals surface area contributed by atoms with Crippen LogP contribution < -0.4 is 4.90 Å². The van der Waals surface area contributed by atoms with Crippen LogP contribution in [0, 0.1) is 17.0 Å². The summed E-state index contributed by atoms with van der Waals surface area (Å²) in [6, 6.07) is 4.78. The summed E-state index contributed by atoms with van der Waals surface area (Å²) >= 11 is 0. The third-order valence-corrected chi connectivity index (χ3v) is 3.76.